The molecule has 92 valence electrons. The van der Waals surface area contributed by atoms with Crippen molar-refractivity contribution in [1.29, 1.82) is 0 Å². The van der Waals surface area contributed by atoms with Crippen molar-refractivity contribution >= 4 is 16.8 Å². The smallest absolute Gasteiger partial charge is 0.317 e. The summed E-state index contributed by atoms with van der Waals surface area (Å²) in [6.07, 6.45) is 0. The predicted octanol–water partition coefficient (Wildman–Crippen LogP) is 0.958. The summed E-state index contributed by atoms with van der Waals surface area (Å²) in [5.74, 6) is -0.203. The summed E-state index contributed by atoms with van der Waals surface area (Å²) in [6.45, 7) is 1.62. The van der Waals surface area contributed by atoms with E-state index in [1.165, 1.54) is 12.1 Å². The first-order valence-electron chi connectivity index (χ1n) is 5.34. The van der Waals surface area contributed by atoms with Crippen molar-refractivity contribution < 1.29 is 13.4 Å². The number of nitrogens with one attached hydrogen (secondary N) is 1. The van der Waals surface area contributed by atoms with Gasteiger partial charge in [-0.15, -0.1) is 0 Å². The fourth-order valence-corrected chi connectivity index (χ4v) is 2.78. The van der Waals surface area contributed by atoms with Crippen molar-refractivity contribution in [3.63, 3.8) is 0 Å². The minimum Gasteiger partial charge on any atom is -0.336 e. The van der Waals surface area contributed by atoms with E-state index in [9.17, 15) is 13.4 Å². The van der Waals surface area contributed by atoms with Gasteiger partial charge in [0.2, 0.25) is 0 Å². The van der Waals surface area contributed by atoms with Crippen LogP contribution in [0.3, 0.4) is 0 Å². The lowest BCUT2D eigenvalue weighted by molar-refractivity contribution is 0.220. The van der Waals surface area contributed by atoms with Crippen LogP contribution in [-0.2, 0) is 10.8 Å². The summed E-state index contributed by atoms with van der Waals surface area (Å²) in [6, 6.07) is 5.87. The Morgan fingerprint density at radius 1 is 1.41 bits per heavy atom. The molecule has 0 aliphatic carbocycles. The van der Waals surface area contributed by atoms with Crippen LogP contribution in [0.25, 0.3) is 0 Å². The maximum Gasteiger partial charge on any atom is 0.317 e. The molecular formula is C11H13FN2O2S. The largest absolute Gasteiger partial charge is 0.336 e. The average molecular weight is 256 g/mol. The Labute approximate surface area is 101 Å². The second-order valence-electron chi connectivity index (χ2n) is 3.70. The minimum absolute atomic E-state index is 0.143. The molecule has 4 nitrogen and oxygen atoms in total. The van der Waals surface area contributed by atoms with Crippen molar-refractivity contribution in [2.75, 3.05) is 25.4 Å². The third-order valence-corrected chi connectivity index (χ3v) is 3.95. The summed E-state index contributed by atoms with van der Waals surface area (Å²) in [7, 11) is -1.40. The van der Waals surface area contributed by atoms with Crippen LogP contribution in [0.2, 0.25) is 0 Å². The van der Waals surface area contributed by atoms with Crippen LogP contribution in [0.15, 0.2) is 29.2 Å². The highest BCUT2D eigenvalue weighted by atomic mass is 32.2. The van der Waals surface area contributed by atoms with Gasteiger partial charge in [0.1, 0.15) is 5.82 Å². The van der Waals surface area contributed by atoms with Crippen molar-refractivity contribution in [2.45, 2.75) is 4.90 Å². The van der Waals surface area contributed by atoms with Crippen LogP contribution in [0, 0.1) is 5.82 Å². The number of amides is 2. The Bertz CT molecular complexity index is 453. The van der Waals surface area contributed by atoms with Gasteiger partial charge in [-0.3, -0.25) is 4.21 Å². The van der Waals surface area contributed by atoms with Gasteiger partial charge in [-0.25, -0.2) is 9.18 Å². The molecule has 1 aromatic carbocycles. The van der Waals surface area contributed by atoms with Crippen molar-refractivity contribution in [1.82, 2.24) is 10.2 Å². The molecule has 2 amide bonds. The number of rotatable bonds is 4. The first-order chi connectivity index (χ1) is 8.18. The molecule has 0 radical (unpaired) electrons. The molecule has 0 spiro atoms. The molecule has 0 aromatic heterocycles. The van der Waals surface area contributed by atoms with Gasteiger partial charge in [-0.2, -0.15) is 0 Å². The lowest BCUT2D eigenvalue weighted by atomic mass is 10.3. The first-order valence-corrected chi connectivity index (χ1v) is 6.66. The highest BCUT2D eigenvalue weighted by Crippen LogP contribution is 2.12. The Balaban J connectivity index is 1.94. The molecule has 17 heavy (non-hydrogen) atoms. The molecule has 1 N–H and O–H groups in total. The van der Waals surface area contributed by atoms with Crippen molar-refractivity contribution in [3.8, 4) is 0 Å². The van der Waals surface area contributed by atoms with Crippen LogP contribution in [-0.4, -0.2) is 40.5 Å². The van der Waals surface area contributed by atoms with Gasteiger partial charge in [0, 0.05) is 25.4 Å². The third kappa shape index (κ3) is 2.82. The Morgan fingerprint density at radius 2 is 2.18 bits per heavy atom. The zero-order chi connectivity index (χ0) is 12.3. The van der Waals surface area contributed by atoms with Gasteiger partial charge in [-0.1, -0.05) is 12.1 Å². The predicted molar refractivity (Wildman–Crippen MR) is 62.6 cm³/mol. The maximum atomic E-state index is 13.3. The van der Waals surface area contributed by atoms with Crippen LogP contribution < -0.4 is 5.32 Å². The van der Waals surface area contributed by atoms with E-state index < -0.39 is 16.6 Å². The molecule has 1 unspecified atom stereocenters. The van der Waals surface area contributed by atoms with Crippen LogP contribution >= 0.6 is 0 Å². The fourth-order valence-electron chi connectivity index (χ4n) is 1.66. The molecule has 6 heteroatoms. The lowest BCUT2D eigenvalue weighted by Crippen LogP contribution is -2.31. The van der Waals surface area contributed by atoms with E-state index in [2.05, 4.69) is 5.32 Å². The van der Waals surface area contributed by atoms with E-state index in [4.69, 9.17) is 0 Å². The number of urea groups is 1. The molecule has 1 aliphatic heterocycles. The molecule has 1 aliphatic rings. The Morgan fingerprint density at radius 3 is 2.82 bits per heavy atom. The summed E-state index contributed by atoms with van der Waals surface area (Å²) in [5, 5.41) is 2.66. The number of nitrogens with zero attached hydrogens (tertiary/aromatic N) is 1. The van der Waals surface area contributed by atoms with E-state index >= 15 is 0 Å². The second kappa shape index (κ2) is 5.27. The maximum absolute atomic E-state index is 13.3. The molecule has 0 saturated carbocycles. The van der Waals surface area contributed by atoms with Gasteiger partial charge in [-0.05, 0) is 12.1 Å². The second-order valence-corrected chi connectivity index (χ2v) is 5.24. The normalized spacial score (nSPS) is 17.0. The topological polar surface area (TPSA) is 49.4 Å². The van der Waals surface area contributed by atoms with Crippen LogP contribution in [0.4, 0.5) is 9.18 Å². The summed E-state index contributed by atoms with van der Waals surface area (Å²) in [4.78, 5) is 13.0. The fraction of sp³-hybridized carbons (Fsp3) is 0.364. The molecule has 2 rings (SSSR count). The number of hydrogen-bond acceptors (Lipinski definition) is 2. The molecule has 0 bridgehead atoms. The van der Waals surface area contributed by atoms with Crippen molar-refractivity contribution in [3.05, 3.63) is 30.1 Å². The van der Waals surface area contributed by atoms with E-state index in [0.29, 0.717) is 19.6 Å². The highest BCUT2D eigenvalue weighted by Gasteiger charge is 2.20. The molecule has 1 atom stereocenters. The van der Waals surface area contributed by atoms with Crippen LogP contribution in [0.5, 0.6) is 0 Å². The lowest BCUT2D eigenvalue weighted by Gasteiger charge is -2.13. The SMILES string of the molecule is O=C1NCCN1CCS(=O)c1ccccc1F. The van der Waals surface area contributed by atoms with Crippen molar-refractivity contribution in [2.24, 2.45) is 0 Å². The van der Waals surface area contributed by atoms with Gasteiger partial charge in [0.15, 0.2) is 0 Å². The first kappa shape index (κ1) is 12.0. The molecular weight excluding hydrogens is 243 g/mol. The van der Waals surface area contributed by atoms with Gasteiger partial charge < -0.3 is 10.2 Å². The number of benzene rings is 1. The van der Waals surface area contributed by atoms with E-state index in [1.54, 1.807) is 17.0 Å². The Hall–Kier alpha value is -1.43. The third-order valence-electron chi connectivity index (χ3n) is 2.57. The number of carbonyl (C=O) groups excluding carboxylic acids is 1. The zero-order valence-corrected chi connectivity index (χ0v) is 10.0. The number of carbonyl (C=O) groups is 1. The molecule has 1 heterocycles. The molecule has 1 fully saturated rings. The average Bonchev–Trinajstić information content (AvgIpc) is 2.72. The van der Waals surface area contributed by atoms with Crippen LogP contribution in [0.1, 0.15) is 0 Å². The van der Waals surface area contributed by atoms with E-state index in [1.807, 2.05) is 0 Å². The van der Waals surface area contributed by atoms with Gasteiger partial charge in [0.25, 0.3) is 0 Å². The van der Waals surface area contributed by atoms with Gasteiger partial charge in [0.05, 0.1) is 15.7 Å². The molecule has 1 saturated heterocycles. The van der Waals surface area contributed by atoms with Gasteiger partial charge >= 0.3 is 6.03 Å². The summed E-state index contributed by atoms with van der Waals surface area (Å²) < 4.78 is 25.2. The number of halogens is 1. The number of hydrogen-bond donors (Lipinski definition) is 1. The van der Waals surface area contributed by atoms with E-state index in [0.717, 1.165) is 0 Å². The van der Waals surface area contributed by atoms with E-state index in [-0.39, 0.29) is 16.7 Å². The summed E-state index contributed by atoms with van der Waals surface area (Å²) in [5.41, 5.74) is 0. The summed E-state index contributed by atoms with van der Waals surface area (Å²) >= 11 is 0. The standard InChI is InChI=1S/C11H13FN2O2S/c12-9-3-1-2-4-10(9)17(16)8-7-14-6-5-13-11(14)15/h1-4H,5-8H2,(H,13,15). The minimum atomic E-state index is -1.40. The monoisotopic (exact) mass is 256 g/mol. The Kier molecular flexibility index (Phi) is 3.73. The molecule has 1 aromatic rings. The highest BCUT2D eigenvalue weighted by molar-refractivity contribution is 7.85. The quantitative estimate of drug-likeness (QED) is 0.872. The zero-order valence-electron chi connectivity index (χ0n) is 9.19.